The molecule has 0 atom stereocenters. The molecule has 0 saturated heterocycles. The van der Waals surface area contributed by atoms with Crippen LogP contribution in [-0.2, 0) is 61.6 Å². The summed E-state index contributed by atoms with van der Waals surface area (Å²) in [6.07, 6.45) is -0.0455. The standard InChI is InChI=1S/C30H55NO16/c1-35-6-7-37-10-11-39-14-15-41-18-19-43-22-23-45-26-27-46-25-24-44-21-20-42-17-16-40-13-12-38-9-8-36-5-4-30(34)47-31-28(32)2-3-29(31)33/h2-3,32-33H,4-27H2,1H3. The molecule has 2 N–H and O–H groups in total. The minimum absolute atomic E-state index is 0.0455. The van der Waals surface area contributed by atoms with Crippen molar-refractivity contribution in [3.63, 3.8) is 0 Å². The number of rotatable bonds is 37. The summed E-state index contributed by atoms with van der Waals surface area (Å²) in [6.45, 7) is 10.6. The third kappa shape index (κ3) is 28.6. The first-order valence-electron chi connectivity index (χ1n) is 15.8. The van der Waals surface area contributed by atoms with Crippen molar-refractivity contribution in [1.82, 2.24) is 4.73 Å². The van der Waals surface area contributed by atoms with E-state index < -0.39 is 5.97 Å². The predicted molar refractivity (Wildman–Crippen MR) is 165 cm³/mol. The lowest BCUT2D eigenvalue weighted by Crippen LogP contribution is -2.20. The van der Waals surface area contributed by atoms with Crippen molar-refractivity contribution < 1.29 is 76.7 Å². The number of carbonyl (C=O) groups is 1. The second kappa shape index (κ2) is 33.8. The van der Waals surface area contributed by atoms with E-state index in [1.807, 2.05) is 0 Å². The summed E-state index contributed by atoms with van der Waals surface area (Å²) in [5.74, 6) is -1.41. The molecule has 0 aliphatic rings. The van der Waals surface area contributed by atoms with Crippen LogP contribution in [-0.4, -0.2) is 180 Å². The van der Waals surface area contributed by atoms with Crippen LogP contribution >= 0.6 is 0 Å². The molecule has 1 rings (SSSR count). The lowest BCUT2D eigenvalue weighted by Gasteiger charge is -2.09. The number of hydrogen-bond acceptors (Lipinski definition) is 16. The minimum atomic E-state index is -0.659. The Morgan fingerprint density at radius 2 is 0.681 bits per heavy atom. The Balaban J connectivity index is 1.65. The molecule has 0 aromatic carbocycles. The van der Waals surface area contributed by atoms with Gasteiger partial charge in [-0.2, -0.15) is 0 Å². The summed E-state index contributed by atoms with van der Waals surface area (Å²) >= 11 is 0. The summed E-state index contributed by atoms with van der Waals surface area (Å²) in [5.41, 5.74) is 0. The average Bonchev–Trinajstić information content (AvgIpc) is 3.38. The van der Waals surface area contributed by atoms with Crippen LogP contribution in [0.25, 0.3) is 0 Å². The zero-order valence-electron chi connectivity index (χ0n) is 27.7. The molecule has 0 saturated carbocycles. The molecular weight excluding hydrogens is 630 g/mol. The molecule has 0 aliphatic carbocycles. The molecule has 1 aromatic rings. The van der Waals surface area contributed by atoms with Crippen LogP contribution in [0.4, 0.5) is 0 Å². The van der Waals surface area contributed by atoms with Gasteiger partial charge in [0.2, 0.25) is 11.8 Å². The van der Waals surface area contributed by atoms with E-state index in [0.29, 0.717) is 150 Å². The lowest BCUT2D eigenvalue weighted by atomic mass is 10.5. The van der Waals surface area contributed by atoms with Gasteiger partial charge in [0.25, 0.3) is 0 Å². The van der Waals surface area contributed by atoms with Crippen molar-refractivity contribution in [2.45, 2.75) is 6.42 Å². The van der Waals surface area contributed by atoms with Gasteiger partial charge in [-0.05, 0) is 0 Å². The van der Waals surface area contributed by atoms with E-state index >= 15 is 0 Å². The van der Waals surface area contributed by atoms with Crippen LogP contribution in [0.15, 0.2) is 12.1 Å². The van der Waals surface area contributed by atoms with E-state index in [-0.39, 0.29) is 24.8 Å². The van der Waals surface area contributed by atoms with Crippen molar-refractivity contribution in [3.8, 4) is 11.8 Å². The maximum Gasteiger partial charge on any atom is 0.335 e. The first kappa shape index (κ1) is 42.9. The van der Waals surface area contributed by atoms with Gasteiger partial charge >= 0.3 is 5.97 Å². The Bertz CT molecular complexity index is 795. The molecule has 47 heavy (non-hydrogen) atoms. The molecule has 0 spiro atoms. The second-order valence-electron chi connectivity index (χ2n) is 9.29. The lowest BCUT2D eigenvalue weighted by molar-refractivity contribution is -0.146. The molecule has 1 heterocycles. The van der Waals surface area contributed by atoms with Crippen LogP contribution in [0.1, 0.15) is 6.42 Å². The van der Waals surface area contributed by atoms with Crippen LogP contribution in [0.2, 0.25) is 0 Å². The Hall–Kier alpha value is -2.13. The van der Waals surface area contributed by atoms with Gasteiger partial charge < -0.3 is 71.9 Å². The van der Waals surface area contributed by atoms with Gasteiger partial charge in [-0.1, -0.05) is 0 Å². The van der Waals surface area contributed by atoms with Gasteiger partial charge in [0.1, 0.15) is 0 Å². The molecule has 0 unspecified atom stereocenters. The zero-order chi connectivity index (χ0) is 33.9. The fourth-order valence-corrected chi connectivity index (χ4v) is 3.24. The SMILES string of the molecule is COCCOCCOCCOCCOCCOCCOCCOCCOCCOCCOCCOCCC(=O)On1c(O)ccc1O. The first-order valence-corrected chi connectivity index (χ1v) is 15.8. The molecule has 17 heteroatoms. The highest BCUT2D eigenvalue weighted by atomic mass is 16.7. The average molecular weight is 686 g/mol. The van der Waals surface area contributed by atoms with Crippen molar-refractivity contribution in [1.29, 1.82) is 0 Å². The highest BCUT2D eigenvalue weighted by Crippen LogP contribution is 2.18. The number of ether oxygens (including phenoxy) is 12. The summed E-state index contributed by atoms with van der Waals surface area (Å²) in [4.78, 5) is 16.5. The number of methoxy groups -OCH3 is 1. The van der Waals surface area contributed by atoms with E-state index in [1.54, 1.807) is 7.11 Å². The van der Waals surface area contributed by atoms with Crippen LogP contribution in [0.5, 0.6) is 11.8 Å². The number of carbonyl (C=O) groups excluding carboxylic acids is 1. The predicted octanol–water partition coefficient (Wildman–Crippen LogP) is 0.0736. The van der Waals surface area contributed by atoms with Gasteiger partial charge in [0, 0.05) is 19.2 Å². The maximum absolute atomic E-state index is 11.7. The maximum atomic E-state index is 11.7. The number of nitrogens with zero attached hydrogens (tertiary/aromatic N) is 1. The Labute approximate surface area is 277 Å². The Morgan fingerprint density at radius 3 is 0.936 bits per heavy atom. The summed E-state index contributed by atoms with van der Waals surface area (Å²) in [5, 5.41) is 18.8. The molecule has 1 aromatic heterocycles. The van der Waals surface area contributed by atoms with Gasteiger partial charge in [0.15, 0.2) is 0 Å². The fourth-order valence-electron chi connectivity index (χ4n) is 3.24. The summed E-state index contributed by atoms with van der Waals surface area (Å²) < 4.78 is 65.0. The Morgan fingerprint density at radius 1 is 0.447 bits per heavy atom. The highest BCUT2D eigenvalue weighted by Gasteiger charge is 2.11. The van der Waals surface area contributed by atoms with E-state index in [0.717, 1.165) is 0 Å². The van der Waals surface area contributed by atoms with Gasteiger partial charge in [0.05, 0.1) is 158 Å². The summed E-state index contributed by atoms with van der Waals surface area (Å²) in [7, 11) is 1.64. The molecule has 276 valence electrons. The van der Waals surface area contributed by atoms with Crippen LogP contribution in [0, 0.1) is 0 Å². The number of hydrogen-bond donors (Lipinski definition) is 2. The smallest absolute Gasteiger partial charge is 0.335 e. The molecule has 17 nitrogen and oxygen atoms in total. The third-order valence-corrected chi connectivity index (χ3v) is 5.59. The minimum Gasteiger partial charge on any atom is -0.492 e. The topological polar surface area (TPSA) is 182 Å². The van der Waals surface area contributed by atoms with Crippen molar-refractivity contribution in [2.75, 3.05) is 159 Å². The quantitative estimate of drug-likeness (QED) is 0.0897. The monoisotopic (exact) mass is 685 g/mol. The molecule has 0 radical (unpaired) electrons. The van der Waals surface area contributed by atoms with Gasteiger partial charge in [-0.3, -0.25) is 0 Å². The van der Waals surface area contributed by atoms with Crippen LogP contribution < -0.4 is 4.84 Å². The third-order valence-electron chi connectivity index (χ3n) is 5.59. The van der Waals surface area contributed by atoms with E-state index in [9.17, 15) is 15.0 Å². The Kier molecular flexibility index (Phi) is 30.8. The normalized spacial score (nSPS) is 11.4. The van der Waals surface area contributed by atoms with Crippen molar-refractivity contribution in [3.05, 3.63) is 12.1 Å². The highest BCUT2D eigenvalue weighted by molar-refractivity contribution is 5.70. The molecule has 0 fully saturated rings. The molecular formula is C30H55NO16. The van der Waals surface area contributed by atoms with E-state index in [2.05, 4.69) is 0 Å². The second-order valence-corrected chi connectivity index (χ2v) is 9.29. The van der Waals surface area contributed by atoms with E-state index in [1.165, 1.54) is 12.1 Å². The van der Waals surface area contributed by atoms with Gasteiger partial charge in [-0.25, -0.2) is 4.79 Å². The first-order chi connectivity index (χ1) is 23.1. The van der Waals surface area contributed by atoms with Gasteiger partial charge in [-0.15, -0.1) is 4.73 Å². The molecule has 0 amide bonds. The largest absolute Gasteiger partial charge is 0.492 e. The van der Waals surface area contributed by atoms with E-state index in [4.69, 9.17) is 61.7 Å². The zero-order valence-corrected chi connectivity index (χ0v) is 27.7. The number of aromatic nitrogens is 1. The van der Waals surface area contributed by atoms with Crippen LogP contribution in [0.3, 0.4) is 0 Å². The fraction of sp³-hybridized carbons (Fsp3) is 0.833. The van der Waals surface area contributed by atoms with Crippen molar-refractivity contribution in [2.24, 2.45) is 0 Å². The number of aromatic hydroxyl groups is 2. The summed E-state index contributed by atoms with van der Waals surface area (Å²) in [6, 6.07) is 2.40. The van der Waals surface area contributed by atoms with Crippen molar-refractivity contribution >= 4 is 5.97 Å². The molecule has 0 aliphatic heterocycles. The molecule has 0 bridgehead atoms.